The van der Waals surface area contributed by atoms with Gasteiger partial charge in [-0.25, -0.2) is 9.97 Å². The Morgan fingerprint density at radius 2 is 2.14 bits per heavy atom. The highest BCUT2D eigenvalue weighted by molar-refractivity contribution is 5.66. The van der Waals surface area contributed by atoms with Crippen LogP contribution in [0.4, 0.5) is 11.6 Å². The number of para-hydroxylation sites is 1. The normalized spacial score (nSPS) is 10.8. The van der Waals surface area contributed by atoms with Gasteiger partial charge in [0.2, 0.25) is 0 Å². The van der Waals surface area contributed by atoms with Crippen molar-refractivity contribution in [3.63, 3.8) is 0 Å². The second kappa shape index (κ2) is 5.32. The molecule has 0 amide bonds. The molecule has 0 bridgehead atoms. The van der Waals surface area contributed by atoms with Crippen LogP contribution in [0.3, 0.4) is 0 Å². The summed E-state index contributed by atoms with van der Waals surface area (Å²) in [6.07, 6.45) is 5.34. The molecular formula is C15H17N5O. The number of aromatic nitrogens is 3. The zero-order chi connectivity index (χ0) is 14.8. The van der Waals surface area contributed by atoms with Gasteiger partial charge in [-0.2, -0.15) is 0 Å². The maximum absolute atomic E-state index is 5.86. The summed E-state index contributed by atoms with van der Waals surface area (Å²) in [7, 11) is 3.63. The lowest BCUT2D eigenvalue weighted by atomic mass is 10.2. The Bertz CT molecular complexity index is 768. The van der Waals surface area contributed by atoms with Crippen molar-refractivity contribution in [1.82, 2.24) is 14.4 Å². The molecule has 3 rings (SSSR count). The minimum atomic E-state index is 0.461. The molecule has 0 spiro atoms. The zero-order valence-electron chi connectivity index (χ0n) is 12.0. The van der Waals surface area contributed by atoms with Gasteiger partial charge in [0, 0.05) is 31.5 Å². The van der Waals surface area contributed by atoms with Gasteiger partial charge < -0.3 is 19.8 Å². The van der Waals surface area contributed by atoms with E-state index in [2.05, 4.69) is 9.97 Å². The first-order chi connectivity index (χ1) is 10.2. The SMILES string of the molecule is COc1ccccc1CN(C)c1nc(N)cn2ccnc12. The van der Waals surface area contributed by atoms with Crippen molar-refractivity contribution in [2.45, 2.75) is 6.54 Å². The Balaban J connectivity index is 1.97. The van der Waals surface area contributed by atoms with E-state index in [9.17, 15) is 0 Å². The molecule has 2 heterocycles. The molecule has 0 saturated heterocycles. The van der Waals surface area contributed by atoms with Crippen LogP contribution in [0, 0.1) is 0 Å². The number of fused-ring (bicyclic) bond motifs is 1. The second-order valence-corrected chi connectivity index (χ2v) is 4.82. The van der Waals surface area contributed by atoms with Crippen LogP contribution >= 0.6 is 0 Å². The van der Waals surface area contributed by atoms with Gasteiger partial charge in [0.05, 0.1) is 13.3 Å². The fraction of sp³-hybridized carbons (Fsp3) is 0.200. The number of nitrogen functional groups attached to an aromatic ring is 1. The molecule has 108 valence electrons. The average Bonchev–Trinajstić information content (AvgIpc) is 2.94. The third-order valence-electron chi connectivity index (χ3n) is 3.34. The van der Waals surface area contributed by atoms with E-state index in [1.807, 2.05) is 46.8 Å². The maximum Gasteiger partial charge on any atom is 0.180 e. The Kier molecular flexibility index (Phi) is 3.35. The van der Waals surface area contributed by atoms with E-state index in [1.165, 1.54) is 0 Å². The highest BCUT2D eigenvalue weighted by atomic mass is 16.5. The Labute approximate surface area is 122 Å². The Hall–Kier alpha value is -2.76. The molecule has 0 atom stereocenters. The fourth-order valence-electron chi connectivity index (χ4n) is 2.35. The largest absolute Gasteiger partial charge is 0.496 e. The summed E-state index contributed by atoms with van der Waals surface area (Å²) in [4.78, 5) is 10.8. The van der Waals surface area contributed by atoms with Crippen LogP contribution in [0.2, 0.25) is 0 Å². The van der Waals surface area contributed by atoms with Crippen LogP contribution in [0.5, 0.6) is 5.75 Å². The van der Waals surface area contributed by atoms with Crippen molar-refractivity contribution in [2.24, 2.45) is 0 Å². The second-order valence-electron chi connectivity index (χ2n) is 4.82. The quantitative estimate of drug-likeness (QED) is 0.792. The summed E-state index contributed by atoms with van der Waals surface area (Å²) in [5, 5.41) is 0. The lowest BCUT2D eigenvalue weighted by Crippen LogP contribution is -2.20. The first kappa shape index (κ1) is 13.2. The predicted molar refractivity (Wildman–Crippen MR) is 82.5 cm³/mol. The van der Waals surface area contributed by atoms with Gasteiger partial charge in [0.15, 0.2) is 11.5 Å². The van der Waals surface area contributed by atoms with Gasteiger partial charge in [-0.1, -0.05) is 18.2 Å². The molecule has 21 heavy (non-hydrogen) atoms. The minimum Gasteiger partial charge on any atom is -0.496 e. The topological polar surface area (TPSA) is 68.7 Å². The first-order valence-electron chi connectivity index (χ1n) is 6.61. The highest BCUT2D eigenvalue weighted by Crippen LogP contribution is 2.24. The first-order valence-corrected chi connectivity index (χ1v) is 6.61. The molecule has 0 aliphatic heterocycles. The predicted octanol–water partition coefficient (Wildman–Crippen LogP) is 1.96. The maximum atomic E-state index is 5.86. The molecule has 0 unspecified atom stereocenters. The van der Waals surface area contributed by atoms with E-state index in [0.717, 1.165) is 22.8 Å². The summed E-state index contributed by atoms with van der Waals surface area (Å²) in [5.41, 5.74) is 7.72. The smallest absolute Gasteiger partial charge is 0.180 e. The van der Waals surface area contributed by atoms with E-state index in [1.54, 1.807) is 19.5 Å². The minimum absolute atomic E-state index is 0.461. The molecule has 0 radical (unpaired) electrons. The molecule has 2 N–H and O–H groups in total. The summed E-state index contributed by atoms with van der Waals surface area (Å²) >= 11 is 0. The van der Waals surface area contributed by atoms with Crippen LogP contribution in [-0.4, -0.2) is 28.5 Å². The number of benzene rings is 1. The van der Waals surface area contributed by atoms with Gasteiger partial charge in [-0.05, 0) is 6.07 Å². The molecule has 2 aromatic heterocycles. The van der Waals surface area contributed by atoms with E-state index in [4.69, 9.17) is 10.5 Å². The molecule has 1 aromatic carbocycles. The summed E-state index contributed by atoms with van der Waals surface area (Å²) in [6, 6.07) is 7.92. The van der Waals surface area contributed by atoms with E-state index >= 15 is 0 Å². The van der Waals surface area contributed by atoms with Crippen molar-refractivity contribution in [3.8, 4) is 5.75 Å². The highest BCUT2D eigenvalue weighted by Gasteiger charge is 2.13. The van der Waals surface area contributed by atoms with Crippen molar-refractivity contribution >= 4 is 17.3 Å². The van der Waals surface area contributed by atoms with Gasteiger partial charge in [-0.15, -0.1) is 0 Å². The number of anilines is 2. The number of imidazole rings is 1. The van der Waals surface area contributed by atoms with Gasteiger partial charge >= 0.3 is 0 Å². The Morgan fingerprint density at radius 3 is 2.95 bits per heavy atom. The van der Waals surface area contributed by atoms with E-state index in [-0.39, 0.29) is 0 Å². The standard InChI is InChI=1S/C15H17N5O/c1-19(9-11-5-3-4-6-12(11)21-2)15-14-17-7-8-20(14)10-13(16)18-15/h3-8,10H,9,16H2,1-2H3. The number of hydrogen-bond donors (Lipinski definition) is 1. The van der Waals surface area contributed by atoms with Gasteiger partial charge in [-0.3, -0.25) is 0 Å². The molecule has 0 fully saturated rings. The monoisotopic (exact) mass is 283 g/mol. The molecular weight excluding hydrogens is 266 g/mol. The van der Waals surface area contributed by atoms with Crippen LogP contribution in [0.25, 0.3) is 5.65 Å². The lowest BCUT2D eigenvalue weighted by Gasteiger charge is -2.20. The number of nitrogens with zero attached hydrogens (tertiary/aromatic N) is 4. The van der Waals surface area contributed by atoms with Crippen LogP contribution in [0.1, 0.15) is 5.56 Å². The summed E-state index contributed by atoms with van der Waals surface area (Å²) in [5.74, 6) is 2.06. The van der Waals surface area contributed by atoms with Crippen LogP contribution in [-0.2, 0) is 6.54 Å². The van der Waals surface area contributed by atoms with Crippen LogP contribution < -0.4 is 15.4 Å². The average molecular weight is 283 g/mol. The van der Waals surface area contributed by atoms with Crippen molar-refractivity contribution < 1.29 is 4.74 Å². The van der Waals surface area contributed by atoms with E-state index < -0.39 is 0 Å². The number of ether oxygens (including phenoxy) is 1. The van der Waals surface area contributed by atoms with Crippen molar-refractivity contribution in [3.05, 3.63) is 48.4 Å². The number of nitrogens with two attached hydrogens (primary N) is 1. The van der Waals surface area contributed by atoms with E-state index in [0.29, 0.717) is 12.4 Å². The van der Waals surface area contributed by atoms with Crippen LogP contribution in [0.15, 0.2) is 42.9 Å². The van der Waals surface area contributed by atoms with Crippen molar-refractivity contribution in [1.29, 1.82) is 0 Å². The molecule has 0 aliphatic carbocycles. The van der Waals surface area contributed by atoms with Gasteiger partial charge in [0.25, 0.3) is 0 Å². The fourth-order valence-corrected chi connectivity index (χ4v) is 2.35. The third kappa shape index (κ3) is 2.47. The number of methoxy groups -OCH3 is 1. The zero-order valence-corrected chi connectivity index (χ0v) is 12.0. The summed E-state index contributed by atoms with van der Waals surface area (Å²) in [6.45, 7) is 0.656. The molecule has 0 saturated carbocycles. The molecule has 6 heteroatoms. The number of hydrogen-bond acceptors (Lipinski definition) is 5. The summed E-state index contributed by atoms with van der Waals surface area (Å²) < 4.78 is 7.26. The molecule has 6 nitrogen and oxygen atoms in total. The number of rotatable bonds is 4. The third-order valence-corrected chi connectivity index (χ3v) is 3.34. The Morgan fingerprint density at radius 1 is 1.33 bits per heavy atom. The molecule has 0 aliphatic rings. The lowest BCUT2D eigenvalue weighted by molar-refractivity contribution is 0.409. The molecule has 3 aromatic rings. The van der Waals surface area contributed by atoms with Crippen molar-refractivity contribution in [2.75, 3.05) is 24.8 Å². The van der Waals surface area contributed by atoms with Gasteiger partial charge in [0.1, 0.15) is 11.6 Å².